The van der Waals surface area contributed by atoms with Gasteiger partial charge in [-0.1, -0.05) is 35.0 Å². The first kappa shape index (κ1) is 20.0. The fraction of sp³-hybridized carbons (Fsp3) is 0.150. The van der Waals surface area contributed by atoms with Crippen molar-refractivity contribution in [2.75, 3.05) is 18.2 Å². The van der Waals surface area contributed by atoms with E-state index in [2.05, 4.69) is 10.3 Å². The van der Waals surface area contributed by atoms with E-state index in [4.69, 9.17) is 16.3 Å². The van der Waals surface area contributed by atoms with Gasteiger partial charge in [0.15, 0.2) is 0 Å². The summed E-state index contributed by atoms with van der Waals surface area (Å²) >= 11 is 6.89. The molecule has 0 spiro atoms. The molecule has 8 heteroatoms. The Morgan fingerprint density at radius 3 is 2.57 bits per heavy atom. The van der Waals surface area contributed by atoms with Gasteiger partial charge in [0, 0.05) is 16.1 Å². The van der Waals surface area contributed by atoms with E-state index in [-0.39, 0.29) is 17.2 Å². The van der Waals surface area contributed by atoms with Crippen molar-refractivity contribution in [3.63, 3.8) is 0 Å². The fourth-order valence-electron chi connectivity index (χ4n) is 2.64. The maximum absolute atomic E-state index is 12.8. The van der Waals surface area contributed by atoms with Crippen LogP contribution in [-0.2, 0) is 9.53 Å². The smallest absolute Gasteiger partial charge is 0.344 e. The van der Waals surface area contributed by atoms with E-state index in [9.17, 15) is 14.4 Å². The molecule has 28 heavy (non-hydrogen) atoms. The molecule has 0 saturated heterocycles. The summed E-state index contributed by atoms with van der Waals surface area (Å²) < 4.78 is 4.77. The summed E-state index contributed by atoms with van der Waals surface area (Å²) in [5.41, 5.74) is 1.56. The summed E-state index contributed by atoms with van der Waals surface area (Å²) in [6.07, 6.45) is 0. The average molecular weight is 417 g/mol. The second-order valence-electron chi connectivity index (χ2n) is 6.04. The quantitative estimate of drug-likeness (QED) is 0.484. The Kier molecular flexibility index (Phi) is 6.06. The minimum Gasteiger partial charge on any atom is -0.465 e. The number of H-pyrrole nitrogens is 1. The SMILES string of the molecule is COC(=O)c1c(SCC(=O)Nc2ccc(Cl)cc2)[nH]c2ccc(C)cc2c1=O. The van der Waals surface area contributed by atoms with E-state index in [0.717, 1.165) is 17.3 Å². The lowest BCUT2D eigenvalue weighted by Gasteiger charge is -2.10. The van der Waals surface area contributed by atoms with E-state index < -0.39 is 11.4 Å². The number of hydrogen-bond acceptors (Lipinski definition) is 5. The third-order valence-electron chi connectivity index (χ3n) is 3.99. The van der Waals surface area contributed by atoms with Crippen LogP contribution in [0.1, 0.15) is 15.9 Å². The molecule has 1 amide bonds. The van der Waals surface area contributed by atoms with E-state index in [1.807, 2.05) is 13.0 Å². The number of aryl methyl sites for hydroxylation is 1. The summed E-state index contributed by atoms with van der Waals surface area (Å²) in [5.74, 6) is -1.03. The number of nitrogens with one attached hydrogen (secondary N) is 2. The number of anilines is 1. The molecule has 3 aromatic rings. The van der Waals surface area contributed by atoms with Gasteiger partial charge >= 0.3 is 5.97 Å². The number of aromatic amines is 1. The number of carbonyl (C=O) groups is 2. The molecule has 0 aliphatic heterocycles. The van der Waals surface area contributed by atoms with Crippen LogP contribution in [0, 0.1) is 6.92 Å². The van der Waals surface area contributed by atoms with Gasteiger partial charge in [-0.25, -0.2) is 4.79 Å². The number of pyridine rings is 1. The van der Waals surface area contributed by atoms with E-state index in [1.54, 1.807) is 36.4 Å². The highest BCUT2D eigenvalue weighted by Crippen LogP contribution is 2.23. The molecule has 3 rings (SSSR count). The Labute approximate surface area is 170 Å². The number of esters is 1. The molecule has 0 radical (unpaired) electrons. The largest absolute Gasteiger partial charge is 0.465 e. The Morgan fingerprint density at radius 1 is 1.18 bits per heavy atom. The van der Waals surface area contributed by atoms with Gasteiger partial charge in [0.25, 0.3) is 0 Å². The number of rotatable bonds is 5. The zero-order valence-corrected chi connectivity index (χ0v) is 16.7. The van der Waals surface area contributed by atoms with Crippen LogP contribution < -0.4 is 10.7 Å². The number of carbonyl (C=O) groups excluding carboxylic acids is 2. The molecule has 2 N–H and O–H groups in total. The third-order valence-corrected chi connectivity index (χ3v) is 5.24. The Balaban J connectivity index is 1.88. The number of amides is 1. The number of ether oxygens (including phenoxy) is 1. The van der Waals surface area contributed by atoms with Gasteiger partial charge in [-0.05, 0) is 43.3 Å². The second kappa shape index (κ2) is 8.50. The van der Waals surface area contributed by atoms with Crippen LogP contribution in [0.15, 0.2) is 52.3 Å². The van der Waals surface area contributed by atoms with Crippen molar-refractivity contribution in [2.45, 2.75) is 11.9 Å². The molecule has 1 aromatic heterocycles. The number of hydrogen-bond donors (Lipinski definition) is 2. The summed E-state index contributed by atoms with van der Waals surface area (Å²) in [5, 5.41) is 3.99. The summed E-state index contributed by atoms with van der Waals surface area (Å²) in [6.45, 7) is 1.86. The van der Waals surface area contributed by atoms with Crippen molar-refractivity contribution in [2.24, 2.45) is 0 Å². The first-order valence-electron chi connectivity index (χ1n) is 8.32. The van der Waals surface area contributed by atoms with E-state index in [0.29, 0.717) is 26.6 Å². The Bertz CT molecular complexity index is 1110. The molecular formula is C20H17ClN2O4S. The molecule has 144 valence electrons. The summed E-state index contributed by atoms with van der Waals surface area (Å²) in [4.78, 5) is 40.3. The van der Waals surface area contributed by atoms with Crippen LogP contribution in [0.3, 0.4) is 0 Å². The van der Waals surface area contributed by atoms with E-state index >= 15 is 0 Å². The van der Waals surface area contributed by atoms with E-state index in [1.165, 1.54) is 7.11 Å². The first-order valence-corrected chi connectivity index (χ1v) is 9.68. The van der Waals surface area contributed by atoms with Gasteiger partial charge in [0.2, 0.25) is 11.3 Å². The molecule has 2 aromatic carbocycles. The third kappa shape index (κ3) is 4.37. The number of benzene rings is 2. The molecular weight excluding hydrogens is 400 g/mol. The fourth-order valence-corrected chi connectivity index (χ4v) is 3.62. The van der Waals surface area contributed by atoms with Crippen molar-refractivity contribution in [1.29, 1.82) is 0 Å². The molecule has 0 atom stereocenters. The van der Waals surface area contributed by atoms with Crippen LogP contribution in [0.2, 0.25) is 5.02 Å². The normalized spacial score (nSPS) is 10.7. The number of aromatic nitrogens is 1. The van der Waals surface area contributed by atoms with Crippen molar-refractivity contribution in [3.05, 3.63) is 68.8 Å². The van der Waals surface area contributed by atoms with Crippen LogP contribution in [0.5, 0.6) is 0 Å². The monoisotopic (exact) mass is 416 g/mol. The molecule has 6 nitrogen and oxygen atoms in total. The van der Waals surface area contributed by atoms with Crippen LogP contribution in [0.4, 0.5) is 5.69 Å². The Hall–Kier alpha value is -2.77. The highest BCUT2D eigenvalue weighted by molar-refractivity contribution is 8.00. The molecule has 0 saturated carbocycles. The predicted octanol–water partition coefficient (Wildman–Crippen LogP) is 4.01. The van der Waals surface area contributed by atoms with Gasteiger partial charge in [-0.2, -0.15) is 0 Å². The van der Waals surface area contributed by atoms with Crippen molar-refractivity contribution >= 4 is 51.8 Å². The lowest BCUT2D eigenvalue weighted by Crippen LogP contribution is -2.20. The van der Waals surface area contributed by atoms with Gasteiger partial charge in [-0.15, -0.1) is 0 Å². The van der Waals surface area contributed by atoms with Crippen molar-refractivity contribution < 1.29 is 14.3 Å². The molecule has 0 fully saturated rings. The van der Waals surface area contributed by atoms with Crippen LogP contribution in [-0.4, -0.2) is 29.7 Å². The first-order chi connectivity index (χ1) is 13.4. The highest BCUT2D eigenvalue weighted by Gasteiger charge is 2.21. The molecule has 0 unspecified atom stereocenters. The number of thioether (sulfide) groups is 1. The van der Waals surface area contributed by atoms with Crippen molar-refractivity contribution in [3.8, 4) is 0 Å². The zero-order chi connectivity index (χ0) is 20.3. The highest BCUT2D eigenvalue weighted by atomic mass is 35.5. The number of fused-ring (bicyclic) bond motifs is 1. The molecule has 0 aliphatic rings. The minimum atomic E-state index is -0.745. The Morgan fingerprint density at radius 2 is 1.89 bits per heavy atom. The average Bonchev–Trinajstić information content (AvgIpc) is 2.68. The predicted molar refractivity (Wildman–Crippen MR) is 111 cm³/mol. The maximum atomic E-state index is 12.8. The topological polar surface area (TPSA) is 88.3 Å². The standard InChI is InChI=1S/C20H17ClN2O4S/c1-11-3-8-15-14(9-11)18(25)17(20(26)27-2)19(23-15)28-10-16(24)22-13-6-4-12(21)5-7-13/h3-9H,10H2,1-2H3,(H,22,24)(H,23,25). The lowest BCUT2D eigenvalue weighted by molar-refractivity contribution is -0.113. The number of methoxy groups -OCH3 is 1. The van der Waals surface area contributed by atoms with Crippen LogP contribution >= 0.6 is 23.4 Å². The van der Waals surface area contributed by atoms with Gasteiger partial charge in [0.05, 0.1) is 23.4 Å². The van der Waals surface area contributed by atoms with Gasteiger partial charge in [-0.3, -0.25) is 9.59 Å². The zero-order valence-electron chi connectivity index (χ0n) is 15.2. The summed E-state index contributed by atoms with van der Waals surface area (Å²) in [7, 11) is 1.21. The van der Waals surface area contributed by atoms with Gasteiger partial charge in [0.1, 0.15) is 5.56 Å². The van der Waals surface area contributed by atoms with Gasteiger partial charge < -0.3 is 15.0 Å². The minimum absolute atomic E-state index is 0.0000707. The number of halogens is 1. The van der Waals surface area contributed by atoms with Crippen molar-refractivity contribution in [1.82, 2.24) is 4.98 Å². The molecule has 0 bridgehead atoms. The molecule has 0 aliphatic carbocycles. The second-order valence-corrected chi connectivity index (χ2v) is 7.46. The summed E-state index contributed by atoms with van der Waals surface area (Å²) in [6, 6.07) is 12.0. The maximum Gasteiger partial charge on any atom is 0.344 e. The lowest BCUT2D eigenvalue weighted by atomic mass is 10.1. The molecule has 1 heterocycles. The van der Waals surface area contributed by atoms with Crippen LogP contribution in [0.25, 0.3) is 10.9 Å².